The van der Waals surface area contributed by atoms with Crippen molar-refractivity contribution >= 4 is 29.8 Å². The van der Waals surface area contributed by atoms with Crippen LogP contribution in [0.3, 0.4) is 0 Å². The van der Waals surface area contributed by atoms with E-state index in [1.165, 1.54) is 52.0 Å². The average Bonchev–Trinajstić information content (AvgIpc) is 2.79. The van der Waals surface area contributed by atoms with Gasteiger partial charge in [-0.15, -0.1) is 0 Å². The molecule has 0 spiro atoms. The number of aliphatic hydroxyl groups is 1. The molecule has 0 saturated carbocycles. The van der Waals surface area contributed by atoms with E-state index in [0.29, 0.717) is 11.1 Å². The third-order valence-electron chi connectivity index (χ3n) is 5.32. The number of ether oxygens (including phenoxy) is 4. The molecule has 2 aromatic carbocycles. The lowest BCUT2D eigenvalue weighted by molar-refractivity contribution is -0.134. The summed E-state index contributed by atoms with van der Waals surface area (Å²) >= 11 is 0. The fourth-order valence-corrected chi connectivity index (χ4v) is 3.87. The van der Waals surface area contributed by atoms with Gasteiger partial charge >= 0.3 is 23.9 Å². The zero-order valence-electron chi connectivity index (χ0n) is 21.2. The van der Waals surface area contributed by atoms with Gasteiger partial charge in [-0.25, -0.2) is 0 Å². The van der Waals surface area contributed by atoms with Crippen LogP contribution in [0.1, 0.15) is 38.8 Å². The number of nitrogens with one attached hydrogen (secondary N) is 2. The maximum absolute atomic E-state index is 12.8. The Hall–Kier alpha value is -4.29. The van der Waals surface area contributed by atoms with Crippen molar-refractivity contribution in [2.75, 3.05) is 0 Å². The number of esters is 4. The van der Waals surface area contributed by atoms with E-state index in [9.17, 15) is 29.1 Å². The summed E-state index contributed by atoms with van der Waals surface area (Å²) in [4.78, 5) is 58.4. The second-order valence-electron chi connectivity index (χ2n) is 8.62. The number of hydrogen-bond donors (Lipinski definition) is 3. The third-order valence-corrected chi connectivity index (χ3v) is 5.32. The number of benzene rings is 2. The molecule has 202 valence electrons. The Morgan fingerprint density at radius 2 is 1.13 bits per heavy atom. The van der Waals surface area contributed by atoms with Gasteiger partial charge in [0.15, 0.2) is 23.0 Å². The molecule has 3 unspecified atom stereocenters. The van der Waals surface area contributed by atoms with Crippen LogP contribution in [-0.4, -0.2) is 53.2 Å². The first-order valence-electron chi connectivity index (χ1n) is 11.6. The van der Waals surface area contributed by atoms with E-state index in [4.69, 9.17) is 18.9 Å². The van der Waals surface area contributed by atoms with Crippen LogP contribution in [0.15, 0.2) is 36.4 Å². The van der Waals surface area contributed by atoms with Crippen molar-refractivity contribution in [1.29, 1.82) is 0 Å². The highest BCUT2D eigenvalue weighted by molar-refractivity contribution is 5.83. The first-order chi connectivity index (χ1) is 17.9. The SMILES string of the molecule is CC(=O)Oc1ccc(CC2NC(O)C(Cc3ccc(OC(C)=O)c(OC(C)=O)c3)NC2=O)cc1OC(C)=O. The van der Waals surface area contributed by atoms with Crippen LogP contribution >= 0.6 is 0 Å². The zero-order valence-corrected chi connectivity index (χ0v) is 21.2. The summed E-state index contributed by atoms with van der Waals surface area (Å²) in [6.07, 6.45) is -0.816. The normalized spacial score (nSPS) is 18.7. The third kappa shape index (κ3) is 7.85. The number of rotatable bonds is 8. The fraction of sp³-hybridized carbons (Fsp3) is 0.346. The molecular formula is C26H28N2O10. The van der Waals surface area contributed by atoms with Crippen LogP contribution in [0.4, 0.5) is 0 Å². The highest BCUT2D eigenvalue weighted by atomic mass is 16.6. The molecule has 1 saturated heterocycles. The van der Waals surface area contributed by atoms with Crippen molar-refractivity contribution in [1.82, 2.24) is 10.6 Å². The first kappa shape index (κ1) is 28.3. The van der Waals surface area contributed by atoms with E-state index in [1.54, 1.807) is 12.1 Å². The highest BCUT2D eigenvalue weighted by Crippen LogP contribution is 2.31. The van der Waals surface area contributed by atoms with E-state index in [1.807, 2.05) is 0 Å². The molecule has 3 N–H and O–H groups in total. The lowest BCUT2D eigenvalue weighted by Gasteiger charge is -2.35. The maximum atomic E-state index is 12.8. The summed E-state index contributed by atoms with van der Waals surface area (Å²) in [5.41, 5.74) is 1.19. The van der Waals surface area contributed by atoms with Crippen molar-refractivity contribution in [2.45, 2.75) is 58.8 Å². The first-order valence-corrected chi connectivity index (χ1v) is 11.6. The van der Waals surface area contributed by atoms with Crippen LogP contribution < -0.4 is 29.6 Å². The lowest BCUT2D eigenvalue weighted by Crippen LogP contribution is -2.65. The van der Waals surface area contributed by atoms with E-state index < -0.39 is 42.2 Å². The zero-order chi connectivity index (χ0) is 28.0. The molecule has 0 aliphatic carbocycles. The van der Waals surface area contributed by atoms with Gasteiger partial charge in [0.2, 0.25) is 5.91 Å². The van der Waals surface area contributed by atoms with Gasteiger partial charge in [0.05, 0.1) is 12.1 Å². The molecule has 1 amide bonds. The van der Waals surface area contributed by atoms with Gasteiger partial charge in [-0.1, -0.05) is 12.1 Å². The van der Waals surface area contributed by atoms with Gasteiger partial charge < -0.3 is 29.4 Å². The predicted molar refractivity (Wildman–Crippen MR) is 130 cm³/mol. The van der Waals surface area contributed by atoms with Gasteiger partial charge in [-0.3, -0.25) is 29.3 Å². The van der Waals surface area contributed by atoms with Crippen LogP contribution in [0.25, 0.3) is 0 Å². The Bertz CT molecular complexity index is 1260. The quantitative estimate of drug-likeness (QED) is 0.330. The highest BCUT2D eigenvalue weighted by Gasteiger charge is 2.34. The van der Waals surface area contributed by atoms with Gasteiger partial charge in [-0.05, 0) is 48.2 Å². The summed E-state index contributed by atoms with van der Waals surface area (Å²) in [6, 6.07) is 7.59. The molecule has 1 aliphatic heterocycles. The van der Waals surface area contributed by atoms with Gasteiger partial charge in [0.25, 0.3) is 0 Å². The molecule has 1 fully saturated rings. The van der Waals surface area contributed by atoms with Crippen molar-refractivity contribution in [3.05, 3.63) is 47.5 Å². The topological polar surface area (TPSA) is 167 Å². The van der Waals surface area contributed by atoms with Gasteiger partial charge in [0, 0.05) is 27.7 Å². The van der Waals surface area contributed by atoms with Crippen molar-refractivity contribution in [3.63, 3.8) is 0 Å². The Balaban J connectivity index is 1.71. The molecule has 0 bridgehead atoms. The minimum atomic E-state index is -1.13. The van der Waals surface area contributed by atoms with E-state index >= 15 is 0 Å². The molecular weight excluding hydrogens is 500 g/mol. The second kappa shape index (κ2) is 12.3. The summed E-state index contributed by atoms with van der Waals surface area (Å²) in [5.74, 6) is -2.58. The number of carbonyl (C=O) groups is 5. The van der Waals surface area contributed by atoms with Crippen molar-refractivity contribution in [2.24, 2.45) is 0 Å². The standard InChI is InChI=1S/C26H28N2O10/c1-13(29)35-21-7-5-17(11-23(21)37-15(3)31)9-19-25(33)28-20(26(34)27-19)10-18-6-8-22(36-14(2)30)24(12-18)38-16(4)32/h5-8,11-12,19-20,25,28,33H,9-10H2,1-4H3,(H,27,34). The smallest absolute Gasteiger partial charge is 0.308 e. The lowest BCUT2D eigenvalue weighted by atomic mass is 9.97. The van der Waals surface area contributed by atoms with E-state index in [-0.39, 0.29) is 41.7 Å². The summed E-state index contributed by atoms with van der Waals surface area (Å²) < 4.78 is 20.4. The number of carbonyl (C=O) groups excluding carboxylic acids is 5. The van der Waals surface area contributed by atoms with Crippen molar-refractivity contribution in [3.8, 4) is 23.0 Å². The monoisotopic (exact) mass is 528 g/mol. The molecule has 2 aromatic rings. The molecule has 0 radical (unpaired) electrons. The maximum Gasteiger partial charge on any atom is 0.308 e. The Morgan fingerprint density at radius 3 is 1.58 bits per heavy atom. The van der Waals surface area contributed by atoms with E-state index in [2.05, 4.69) is 10.6 Å². The van der Waals surface area contributed by atoms with Gasteiger partial charge in [-0.2, -0.15) is 0 Å². The predicted octanol–water partition coefficient (Wildman–Crippen LogP) is 0.948. The minimum Gasteiger partial charge on any atom is -0.423 e. The molecule has 1 heterocycles. The molecule has 3 atom stereocenters. The summed E-state index contributed by atoms with van der Waals surface area (Å²) in [6.45, 7) is 4.84. The molecule has 38 heavy (non-hydrogen) atoms. The minimum absolute atomic E-state index is 0.0284. The Morgan fingerprint density at radius 1 is 0.711 bits per heavy atom. The Labute approximate surface area is 218 Å². The van der Waals surface area contributed by atoms with Crippen LogP contribution in [0, 0.1) is 0 Å². The average molecular weight is 529 g/mol. The number of piperazine rings is 1. The second-order valence-corrected chi connectivity index (χ2v) is 8.62. The molecule has 12 nitrogen and oxygen atoms in total. The largest absolute Gasteiger partial charge is 0.423 e. The number of hydrogen-bond acceptors (Lipinski definition) is 11. The number of aliphatic hydroxyl groups excluding tert-OH is 1. The molecule has 3 rings (SSSR count). The number of amides is 1. The van der Waals surface area contributed by atoms with Crippen LogP contribution in [-0.2, 0) is 36.8 Å². The van der Waals surface area contributed by atoms with Crippen molar-refractivity contribution < 1.29 is 48.0 Å². The molecule has 0 aromatic heterocycles. The Kier molecular flexibility index (Phi) is 9.16. The van der Waals surface area contributed by atoms with E-state index in [0.717, 1.165) is 0 Å². The molecule has 1 aliphatic rings. The fourth-order valence-electron chi connectivity index (χ4n) is 3.87. The van der Waals surface area contributed by atoms with Crippen LogP contribution in [0.5, 0.6) is 23.0 Å². The summed E-state index contributed by atoms with van der Waals surface area (Å²) in [5, 5.41) is 16.3. The molecule has 12 heteroatoms. The summed E-state index contributed by atoms with van der Waals surface area (Å²) in [7, 11) is 0. The van der Waals surface area contributed by atoms with Crippen LogP contribution in [0.2, 0.25) is 0 Å². The van der Waals surface area contributed by atoms with Gasteiger partial charge in [0.1, 0.15) is 6.23 Å².